The second-order valence-corrected chi connectivity index (χ2v) is 7.68. The van der Waals surface area contributed by atoms with Crippen molar-refractivity contribution in [2.75, 3.05) is 5.75 Å². The van der Waals surface area contributed by atoms with Gasteiger partial charge in [-0.05, 0) is 48.6 Å². The van der Waals surface area contributed by atoms with Crippen molar-refractivity contribution in [1.29, 1.82) is 0 Å². The topological polar surface area (TPSA) is 67.4 Å². The number of rotatable bonds is 7. The summed E-state index contributed by atoms with van der Waals surface area (Å²) < 4.78 is 6.41. The Hall–Kier alpha value is -1.99. The standard InChI is InChI=1S/C19H21BrN2O3S/c1-3-26-12-14-7-9-15(10-8-14)19(24)22-21-18(23)13(2)25-17-6-4-5-16(20)11-17/h4-11,13H,3,12H2,1-2H3,(H,21,23)(H,22,24). The zero-order valence-corrected chi connectivity index (χ0v) is 17.0. The van der Waals surface area contributed by atoms with Crippen LogP contribution in [0.5, 0.6) is 5.75 Å². The molecule has 0 saturated carbocycles. The Kier molecular flexibility index (Phi) is 8.00. The van der Waals surface area contributed by atoms with E-state index in [1.807, 2.05) is 36.0 Å². The van der Waals surface area contributed by atoms with E-state index >= 15 is 0 Å². The second-order valence-electron chi connectivity index (χ2n) is 5.49. The van der Waals surface area contributed by atoms with Crippen molar-refractivity contribution in [1.82, 2.24) is 10.9 Å². The lowest BCUT2D eigenvalue weighted by Gasteiger charge is -2.15. The van der Waals surface area contributed by atoms with Crippen molar-refractivity contribution >= 4 is 39.5 Å². The molecule has 0 aliphatic rings. The first-order chi connectivity index (χ1) is 12.5. The fraction of sp³-hybridized carbons (Fsp3) is 0.263. The van der Waals surface area contributed by atoms with Gasteiger partial charge in [0.25, 0.3) is 11.8 Å². The van der Waals surface area contributed by atoms with Gasteiger partial charge < -0.3 is 4.74 Å². The van der Waals surface area contributed by atoms with Crippen LogP contribution in [0.25, 0.3) is 0 Å². The summed E-state index contributed by atoms with van der Waals surface area (Å²) in [5.74, 6) is 1.72. The molecule has 0 saturated heterocycles. The summed E-state index contributed by atoms with van der Waals surface area (Å²) in [7, 11) is 0. The molecule has 26 heavy (non-hydrogen) atoms. The predicted molar refractivity (Wildman–Crippen MR) is 108 cm³/mol. The van der Waals surface area contributed by atoms with Crippen molar-refractivity contribution < 1.29 is 14.3 Å². The van der Waals surface area contributed by atoms with Gasteiger partial charge in [0, 0.05) is 15.8 Å². The summed E-state index contributed by atoms with van der Waals surface area (Å²) >= 11 is 5.16. The maximum atomic E-state index is 12.1. The number of halogens is 1. The number of carbonyl (C=O) groups is 2. The van der Waals surface area contributed by atoms with Gasteiger partial charge in [-0.3, -0.25) is 20.4 Å². The number of hydrogen-bond acceptors (Lipinski definition) is 4. The molecule has 2 aromatic carbocycles. The highest BCUT2D eigenvalue weighted by Gasteiger charge is 2.16. The molecule has 2 rings (SSSR count). The number of thioether (sulfide) groups is 1. The lowest BCUT2D eigenvalue weighted by molar-refractivity contribution is -0.128. The fourth-order valence-corrected chi connectivity index (χ4v) is 3.07. The first-order valence-electron chi connectivity index (χ1n) is 8.18. The number of hydrogen-bond donors (Lipinski definition) is 2. The van der Waals surface area contributed by atoms with Gasteiger partial charge in [0.1, 0.15) is 5.75 Å². The molecule has 0 fully saturated rings. The number of ether oxygens (including phenoxy) is 1. The summed E-state index contributed by atoms with van der Waals surface area (Å²) in [6.07, 6.45) is -0.752. The molecule has 2 N–H and O–H groups in total. The van der Waals surface area contributed by atoms with E-state index in [1.54, 1.807) is 31.2 Å². The molecular formula is C19H21BrN2O3S. The largest absolute Gasteiger partial charge is 0.481 e. The number of hydrazine groups is 1. The molecule has 0 heterocycles. The van der Waals surface area contributed by atoms with Crippen molar-refractivity contribution in [3.05, 3.63) is 64.1 Å². The highest BCUT2D eigenvalue weighted by atomic mass is 79.9. The minimum absolute atomic E-state index is 0.372. The van der Waals surface area contributed by atoms with Crippen LogP contribution in [0.4, 0.5) is 0 Å². The zero-order chi connectivity index (χ0) is 18.9. The Morgan fingerprint density at radius 3 is 2.54 bits per heavy atom. The SMILES string of the molecule is CCSCc1ccc(C(=O)NNC(=O)C(C)Oc2cccc(Br)c2)cc1. The molecule has 0 spiro atoms. The highest BCUT2D eigenvalue weighted by molar-refractivity contribution is 9.10. The maximum absolute atomic E-state index is 12.1. The fourth-order valence-electron chi connectivity index (χ4n) is 2.06. The molecular weight excluding hydrogens is 416 g/mol. The molecule has 5 nitrogen and oxygen atoms in total. The average molecular weight is 437 g/mol. The Bertz CT molecular complexity index is 753. The van der Waals surface area contributed by atoms with E-state index in [0.29, 0.717) is 11.3 Å². The van der Waals surface area contributed by atoms with Gasteiger partial charge in [0.05, 0.1) is 0 Å². The van der Waals surface area contributed by atoms with Crippen LogP contribution < -0.4 is 15.6 Å². The van der Waals surface area contributed by atoms with E-state index in [2.05, 4.69) is 33.7 Å². The van der Waals surface area contributed by atoms with E-state index < -0.39 is 12.0 Å². The minimum Gasteiger partial charge on any atom is -0.481 e. The summed E-state index contributed by atoms with van der Waals surface area (Å²) in [5.41, 5.74) is 6.43. The van der Waals surface area contributed by atoms with Crippen LogP contribution in [0.2, 0.25) is 0 Å². The van der Waals surface area contributed by atoms with E-state index in [-0.39, 0.29) is 5.91 Å². The molecule has 0 bridgehead atoms. The average Bonchev–Trinajstić information content (AvgIpc) is 2.64. The van der Waals surface area contributed by atoms with E-state index in [9.17, 15) is 9.59 Å². The van der Waals surface area contributed by atoms with Crippen molar-refractivity contribution in [2.45, 2.75) is 25.7 Å². The Balaban J connectivity index is 1.83. The summed E-state index contributed by atoms with van der Waals surface area (Å²) in [4.78, 5) is 24.2. The number of nitrogens with one attached hydrogen (secondary N) is 2. The van der Waals surface area contributed by atoms with Gasteiger partial charge in [-0.15, -0.1) is 0 Å². The summed E-state index contributed by atoms with van der Waals surface area (Å²) in [5, 5.41) is 0. The van der Waals surface area contributed by atoms with Crippen LogP contribution in [-0.2, 0) is 10.5 Å². The minimum atomic E-state index is -0.752. The van der Waals surface area contributed by atoms with Gasteiger partial charge in [0.2, 0.25) is 0 Å². The van der Waals surface area contributed by atoms with Crippen molar-refractivity contribution in [3.63, 3.8) is 0 Å². The first kappa shape index (κ1) is 20.3. The Labute approximate surface area is 166 Å². The third-order valence-electron chi connectivity index (χ3n) is 3.47. The second kappa shape index (κ2) is 10.2. The van der Waals surface area contributed by atoms with Crippen molar-refractivity contribution in [3.8, 4) is 5.75 Å². The molecule has 2 aromatic rings. The summed E-state index contributed by atoms with van der Waals surface area (Å²) in [6.45, 7) is 3.72. The lowest BCUT2D eigenvalue weighted by Crippen LogP contribution is -2.47. The molecule has 1 atom stereocenters. The zero-order valence-electron chi connectivity index (χ0n) is 14.6. The normalized spacial score (nSPS) is 11.5. The third-order valence-corrected chi connectivity index (χ3v) is 4.91. The number of benzene rings is 2. The van der Waals surface area contributed by atoms with E-state index in [4.69, 9.17) is 4.74 Å². The third kappa shape index (κ3) is 6.38. The van der Waals surface area contributed by atoms with E-state index in [1.165, 1.54) is 0 Å². The van der Waals surface area contributed by atoms with Crippen LogP contribution in [0.3, 0.4) is 0 Å². The maximum Gasteiger partial charge on any atom is 0.279 e. The van der Waals surface area contributed by atoms with Crippen LogP contribution in [-0.4, -0.2) is 23.7 Å². The smallest absolute Gasteiger partial charge is 0.279 e. The van der Waals surface area contributed by atoms with Crippen molar-refractivity contribution in [2.24, 2.45) is 0 Å². The molecule has 0 aliphatic carbocycles. The van der Waals surface area contributed by atoms with E-state index in [0.717, 1.165) is 21.5 Å². The molecule has 0 radical (unpaired) electrons. The number of amides is 2. The molecule has 0 aromatic heterocycles. The monoisotopic (exact) mass is 436 g/mol. The molecule has 1 unspecified atom stereocenters. The van der Waals surface area contributed by atoms with Gasteiger partial charge in [0.15, 0.2) is 6.10 Å². The van der Waals surface area contributed by atoms with Crippen LogP contribution in [0, 0.1) is 0 Å². The van der Waals surface area contributed by atoms with Gasteiger partial charge in [-0.2, -0.15) is 11.8 Å². The summed E-state index contributed by atoms with van der Waals surface area (Å²) in [6, 6.07) is 14.5. The van der Waals surface area contributed by atoms with Gasteiger partial charge in [-0.1, -0.05) is 41.1 Å². The van der Waals surface area contributed by atoms with Gasteiger partial charge in [-0.25, -0.2) is 0 Å². The molecule has 2 amide bonds. The molecule has 7 heteroatoms. The Morgan fingerprint density at radius 1 is 1.15 bits per heavy atom. The lowest BCUT2D eigenvalue weighted by atomic mass is 10.1. The Morgan fingerprint density at radius 2 is 1.88 bits per heavy atom. The molecule has 0 aliphatic heterocycles. The van der Waals surface area contributed by atoms with Crippen LogP contribution in [0.1, 0.15) is 29.8 Å². The van der Waals surface area contributed by atoms with Crippen LogP contribution >= 0.6 is 27.7 Å². The van der Waals surface area contributed by atoms with Crippen LogP contribution in [0.15, 0.2) is 53.0 Å². The molecule has 138 valence electrons. The highest BCUT2D eigenvalue weighted by Crippen LogP contribution is 2.18. The van der Waals surface area contributed by atoms with Gasteiger partial charge >= 0.3 is 0 Å². The predicted octanol–water partition coefficient (Wildman–Crippen LogP) is 3.93. The first-order valence-corrected chi connectivity index (χ1v) is 10.1. The quantitative estimate of drug-likeness (QED) is 0.645. The number of carbonyl (C=O) groups excluding carboxylic acids is 2.